The zero-order valence-electron chi connectivity index (χ0n) is 9.68. The lowest BCUT2D eigenvalue weighted by molar-refractivity contribution is -0.119. The van der Waals surface area contributed by atoms with Gasteiger partial charge in [0.2, 0.25) is 5.91 Å². The normalized spacial score (nSPS) is 13.6. The van der Waals surface area contributed by atoms with Gasteiger partial charge in [0.1, 0.15) is 6.61 Å². The molecule has 17 heavy (non-hydrogen) atoms. The summed E-state index contributed by atoms with van der Waals surface area (Å²) in [7, 11) is 1.50. The molecule has 0 saturated heterocycles. The Hall–Kier alpha value is -1.13. The van der Waals surface area contributed by atoms with E-state index in [1.165, 1.54) is 12.7 Å². The van der Waals surface area contributed by atoms with Gasteiger partial charge in [-0.3, -0.25) is 4.79 Å². The van der Waals surface area contributed by atoms with E-state index in [0.29, 0.717) is 0 Å². The van der Waals surface area contributed by atoms with Crippen LogP contribution in [-0.2, 0) is 16.0 Å². The maximum Gasteiger partial charge on any atom is 0.250 e. The topological polar surface area (TPSA) is 38.3 Å². The van der Waals surface area contributed by atoms with E-state index in [-0.39, 0.29) is 12.5 Å². The first kappa shape index (κ1) is 12.3. The molecular weight excluding hydrogens is 282 g/mol. The number of carbonyl (C=O) groups excluding carboxylic acids is 1. The molecule has 4 heteroatoms. The summed E-state index contributed by atoms with van der Waals surface area (Å²) < 4.78 is 5.68. The Morgan fingerprint density at radius 2 is 2.29 bits per heavy atom. The summed E-state index contributed by atoms with van der Waals surface area (Å²) in [4.78, 5) is 11.5. The zero-order chi connectivity index (χ0) is 12.4. The van der Waals surface area contributed by atoms with Crippen molar-refractivity contribution in [1.29, 1.82) is 0 Å². The van der Waals surface area contributed by atoms with Crippen molar-refractivity contribution in [2.24, 2.45) is 0 Å². The molecule has 0 heterocycles. The summed E-state index contributed by atoms with van der Waals surface area (Å²) in [6.07, 6.45) is 2.02. The van der Waals surface area contributed by atoms with E-state index in [2.05, 4.69) is 33.9 Å². The lowest BCUT2D eigenvalue weighted by Crippen LogP contribution is -2.17. The number of hydrogen-bond donors (Lipinski definition) is 1. The van der Waals surface area contributed by atoms with Crippen molar-refractivity contribution in [1.82, 2.24) is 0 Å². The monoisotopic (exact) mass is 295 g/mol. The van der Waals surface area contributed by atoms with Gasteiger partial charge in [0, 0.05) is 11.6 Å². The number of methoxy groups -OCH3 is 1. The van der Waals surface area contributed by atoms with E-state index in [0.717, 1.165) is 34.1 Å². The standard InChI is InChI=1S/C13H14BrNO2/c1-8-3-4-9-5-11(14)12(6-10(8)9)15-13(16)7-17-2/h5-6H,1,3-4,7H2,2H3,(H,15,16). The summed E-state index contributed by atoms with van der Waals surface area (Å²) in [5.74, 6) is -0.156. The maximum atomic E-state index is 11.5. The number of allylic oxidation sites excluding steroid dienone is 1. The highest BCUT2D eigenvalue weighted by atomic mass is 79.9. The number of nitrogens with one attached hydrogen (secondary N) is 1. The smallest absolute Gasteiger partial charge is 0.250 e. The van der Waals surface area contributed by atoms with Gasteiger partial charge in [-0.2, -0.15) is 0 Å². The van der Waals surface area contributed by atoms with Crippen molar-refractivity contribution in [2.45, 2.75) is 12.8 Å². The summed E-state index contributed by atoms with van der Waals surface area (Å²) >= 11 is 3.46. The van der Waals surface area contributed by atoms with Crippen molar-refractivity contribution in [3.05, 3.63) is 34.3 Å². The fraction of sp³-hybridized carbons (Fsp3) is 0.308. The van der Waals surface area contributed by atoms with Crippen LogP contribution in [0.1, 0.15) is 17.5 Å². The van der Waals surface area contributed by atoms with Crippen LogP contribution < -0.4 is 5.32 Å². The average molecular weight is 296 g/mol. The average Bonchev–Trinajstić information content (AvgIpc) is 2.61. The van der Waals surface area contributed by atoms with Crippen molar-refractivity contribution in [3.63, 3.8) is 0 Å². The number of anilines is 1. The highest BCUT2D eigenvalue weighted by Gasteiger charge is 2.17. The molecule has 0 bridgehead atoms. The molecule has 0 unspecified atom stereocenters. The van der Waals surface area contributed by atoms with E-state index < -0.39 is 0 Å². The van der Waals surface area contributed by atoms with E-state index in [9.17, 15) is 4.79 Å². The number of ether oxygens (including phenoxy) is 1. The number of aryl methyl sites for hydroxylation is 1. The fourth-order valence-electron chi connectivity index (χ4n) is 1.98. The van der Waals surface area contributed by atoms with E-state index in [4.69, 9.17) is 4.74 Å². The first-order valence-corrected chi connectivity index (χ1v) is 6.20. The van der Waals surface area contributed by atoms with Crippen molar-refractivity contribution in [3.8, 4) is 0 Å². The van der Waals surface area contributed by atoms with Crippen LogP contribution in [0.4, 0.5) is 5.69 Å². The van der Waals surface area contributed by atoms with Gasteiger partial charge < -0.3 is 10.1 Å². The first-order valence-electron chi connectivity index (χ1n) is 5.41. The fourth-order valence-corrected chi connectivity index (χ4v) is 2.47. The molecule has 0 radical (unpaired) electrons. The quantitative estimate of drug-likeness (QED) is 0.931. The Kier molecular flexibility index (Phi) is 3.64. The van der Waals surface area contributed by atoms with Crippen molar-refractivity contribution < 1.29 is 9.53 Å². The molecule has 0 aromatic heterocycles. The lowest BCUT2D eigenvalue weighted by atomic mass is 10.1. The number of fused-ring (bicyclic) bond motifs is 1. The molecule has 0 aliphatic heterocycles. The van der Waals surface area contributed by atoms with Crippen LogP contribution in [0, 0.1) is 0 Å². The largest absolute Gasteiger partial charge is 0.375 e. The van der Waals surface area contributed by atoms with Gasteiger partial charge in [0.15, 0.2) is 0 Å². The minimum absolute atomic E-state index is 0.0600. The molecule has 1 N–H and O–H groups in total. The molecule has 0 fully saturated rings. The molecule has 2 rings (SSSR count). The number of hydrogen-bond acceptors (Lipinski definition) is 2. The van der Waals surface area contributed by atoms with Crippen LogP contribution >= 0.6 is 15.9 Å². The van der Waals surface area contributed by atoms with E-state index in [1.807, 2.05) is 6.07 Å². The van der Waals surface area contributed by atoms with Gasteiger partial charge in [0.05, 0.1) is 5.69 Å². The molecule has 0 spiro atoms. The molecule has 3 nitrogen and oxygen atoms in total. The minimum atomic E-state index is -0.156. The lowest BCUT2D eigenvalue weighted by Gasteiger charge is -2.10. The Bertz CT molecular complexity index is 483. The van der Waals surface area contributed by atoms with Crippen molar-refractivity contribution in [2.75, 3.05) is 19.0 Å². The highest BCUT2D eigenvalue weighted by Crippen LogP contribution is 2.36. The molecule has 0 atom stereocenters. The van der Waals surface area contributed by atoms with Crippen LogP contribution in [0.2, 0.25) is 0 Å². The third-order valence-electron chi connectivity index (χ3n) is 2.82. The predicted octanol–water partition coefficient (Wildman–Crippen LogP) is 2.99. The molecule has 1 aliphatic carbocycles. The third-order valence-corrected chi connectivity index (χ3v) is 3.48. The Labute approximate surface area is 109 Å². The highest BCUT2D eigenvalue weighted by molar-refractivity contribution is 9.10. The number of amides is 1. The molecule has 1 aromatic rings. The summed E-state index contributed by atoms with van der Waals surface area (Å²) in [5, 5.41) is 2.81. The second-order valence-corrected chi connectivity index (χ2v) is 4.93. The Balaban J connectivity index is 2.26. The molecular formula is C13H14BrNO2. The van der Waals surface area contributed by atoms with Gasteiger partial charge in [-0.15, -0.1) is 0 Å². The first-order chi connectivity index (χ1) is 8.11. The van der Waals surface area contributed by atoms with Gasteiger partial charge >= 0.3 is 0 Å². The van der Waals surface area contributed by atoms with Gasteiger partial charge in [-0.1, -0.05) is 6.58 Å². The second kappa shape index (κ2) is 5.02. The predicted molar refractivity (Wildman–Crippen MR) is 72.0 cm³/mol. The zero-order valence-corrected chi connectivity index (χ0v) is 11.3. The van der Waals surface area contributed by atoms with E-state index in [1.54, 1.807) is 0 Å². The third kappa shape index (κ3) is 2.58. The minimum Gasteiger partial charge on any atom is -0.375 e. The van der Waals surface area contributed by atoms with Crippen LogP contribution in [0.3, 0.4) is 0 Å². The van der Waals surface area contributed by atoms with Crippen LogP contribution in [0.15, 0.2) is 23.2 Å². The number of benzene rings is 1. The Morgan fingerprint density at radius 3 is 3.00 bits per heavy atom. The SMILES string of the molecule is C=C1CCc2cc(Br)c(NC(=O)COC)cc21. The van der Waals surface area contributed by atoms with Gasteiger partial charge in [-0.05, 0) is 57.6 Å². The van der Waals surface area contributed by atoms with E-state index >= 15 is 0 Å². The van der Waals surface area contributed by atoms with Gasteiger partial charge in [0.25, 0.3) is 0 Å². The van der Waals surface area contributed by atoms with Crippen molar-refractivity contribution >= 4 is 33.1 Å². The second-order valence-electron chi connectivity index (χ2n) is 4.07. The summed E-state index contributed by atoms with van der Waals surface area (Å²) in [6.45, 7) is 4.09. The number of rotatable bonds is 3. The van der Waals surface area contributed by atoms with Crippen LogP contribution in [0.5, 0.6) is 0 Å². The summed E-state index contributed by atoms with van der Waals surface area (Å²) in [5.41, 5.74) is 4.34. The molecule has 1 amide bonds. The van der Waals surface area contributed by atoms with Crippen LogP contribution in [0.25, 0.3) is 5.57 Å². The molecule has 90 valence electrons. The number of halogens is 1. The molecule has 1 aromatic carbocycles. The summed E-state index contributed by atoms with van der Waals surface area (Å²) in [6, 6.07) is 4.03. The molecule has 1 aliphatic rings. The Morgan fingerprint density at radius 1 is 1.53 bits per heavy atom. The van der Waals surface area contributed by atoms with Crippen LogP contribution in [-0.4, -0.2) is 19.6 Å². The maximum absolute atomic E-state index is 11.5. The van der Waals surface area contributed by atoms with Gasteiger partial charge in [-0.25, -0.2) is 0 Å². The molecule has 0 saturated carbocycles. The number of carbonyl (C=O) groups is 1.